The summed E-state index contributed by atoms with van der Waals surface area (Å²) in [6.45, 7) is 4.13. The minimum atomic E-state index is -0.208. The number of hydrogen-bond donors (Lipinski definition) is 1. The summed E-state index contributed by atoms with van der Waals surface area (Å²) in [4.78, 5) is 12.4. The van der Waals surface area contributed by atoms with Crippen LogP contribution < -0.4 is 10.9 Å². The molecule has 20 heavy (non-hydrogen) atoms. The number of halogens is 1. The Morgan fingerprint density at radius 1 is 1.60 bits per heavy atom. The lowest BCUT2D eigenvalue weighted by Crippen LogP contribution is -2.35. The third-order valence-corrected chi connectivity index (χ3v) is 4.35. The summed E-state index contributed by atoms with van der Waals surface area (Å²) in [5, 5.41) is 7.66. The molecule has 0 amide bonds. The average Bonchev–Trinajstić information content (AvgIpc) is 3.13. The number of ether oxygens (including phenoxy) is 1. The Balaban J connectivity index is 1.75. The van der Waals surface area contributed by atoms with Crippen molar-refractivity contribution >= 4 is 17.3 Å². The minimum Gasteiger partial charge on any atom is -0.376 e. The van der Waals surface area contributed by atoms with E-state index in [0.717, 1.165) is 19.4 Å². The predicted molar refractivity (Wildman–Crippen MR) is 78.3 cm³/mol. The molecule has 2 fully saturated rings. The molecule has 1 N–H and O–H groups in total. The molecule has 1 unspecified atom stereocenters. The van der Waals surface area contributed by atoms with Gasteiger partial charge in [0.25, 0.3) is 5.56 Å². The summed E-state index contributed by atoms with van der Waals surface area (Å²) in [6, 6.07) is 0. The second-order valence-corrected chi connectivity index (χ2v) is 6.46. The van der Waals surface area contributed by atoms with Gasteiger partial charge in [-0.05, 0) is 38.5 Å². The van der Waals surface area contributed by atoms with Gasteiger partial charge in [0.05, 0.1) is 16.8 Å². The molecular weight excluding hydrogens is 278 g/mol. The molecule has 0 aromatic carbocycles. The summed E-state index contributed by atoms with van der Waals surface area (Å²) in [5.41, 5.74) is 0.102. The van der Waals surface area contributed by atoms with Crippen molar-refractivity contribution in [3.63, 3.8) is 0 Å². The Bertz CT molecular complexity index is 548. The quantitative estimate of drug-likeness (QED) is 0.906. The van der Waals surface area contributed by atoms with Gasteiger partial charge in [-0.3, -0.25) is 4.79 Å². The first-order valence-corrected chi connectivity index (χ1v) is 7.59. The van der Waals surface area contributed by atoms with Crippen molar-refractivity contribution in [1.82, 2.24) is 9.78 Å². The van der Waals surface area contributed by atoms with Crippen LogP contribution in [0.3, 0.4) is 0 Å². The normalized spacial score (nSPS) is 25.9. The Morgan fingerprint density at radius 3 is 3.05 bits per heavy atom. The summed E-state index contributed by atoms with van der Waals surface area (Å²) in [5.74, 6) is 0.602. The zero-order chi connectivity index (χ0) is 14.2. The van der Waals surface area contributed by atoms with Crippen LogP contribution in [0.4, 0.5) is 5.69 Å². The number of aromatic nitrogens is 2. The fourth-order valence-corrected chi connectivity index (χ4v) is 2.75. The van der Waals surface area contributed by atoms with E-state index in [-0.39, 0.29) is 11.2 Å². The van der Waals surface area contributed by atoms with Gasteiger partial charge in [0.2, 0.25) is 0 Å². The van der Waals surface area contributed by atoms with E-state index < -0.39 is 0 Å². The highest BCUT2D eigenvalue weighted by Gasteiger charge is 2.30. The van der Waals surface area contributed by atoms with E-state index in [1.165, 1.54) is 17.5 Å². The molecule has 1 aliphatic heterocycles. The fraction of sp³-hybridized carbons (Fsp3) is 0.714. The van der Waals surface area contributed by atoms with E-state index in [0.29, 0.717) is 29.7 Å². The van der Waals surface area contributed by atoms with Gasteiger partial charge in [-0.1, -0.05) is 11.6 Å². The fourth-order valence-electron chi connectivity index (χ4n) is 2.56. The highest BCUT2D eigenvalue weighted by molar-refractivity contribution is 6.32. The molecule has 0 spiro atoms. The van der Waals surface area contributed by atoms with E-state index >= 15 is 0 Å². The molecular formula is C14H20ClN3O2. The van der Waals surface area contributed by atoms with Crippen LogP contribution in [0.1, 0.15) is 32.6 Å². The van der Waals surface area contributed by atoms with Crippen molar-refractivity contribution in [3.05, 3.63) is 21.6 Å². The van der Waals surface area contributed by atoms with E-state index in [9.17, 15) is 4.79 Å². The lowest BCUT2D eigenvalue weighted by Gasteiger charge is -2.24. The third-order valence-electron chi connectivity index (χ3n) is 4.07. The third kappa shape index (κ3) is 2.99. The number of nitrogens with zero attached hydrogens (tertiary/aromatic N) is 2. The van der Waals surface area contributed by atoms with Gasteiger partial charge in [0, 0.05) is 19.7 Å². The molecule has 1 aromatic rings. The van der Waals surface area contributed by atoms with Gasteiger partial charge in [0.15, 0.2) is 0 Å². The van der Waals surface area contributed by atoms with Gasteiger partial charge in [-0.15, -0.1) is 0 Å². The monoisotopic (exact) mass is 297 g/mol. The van der Waals surface area contributed by atoms with Crippen LogP contribution in [-0.4, -0.2) is 28.5 Å². The molecule has 1 aliphatic carbocycles. The van der Waals surface area contributed by atoms with Crippen LogP contribution in [0.2, 0.25) is 5.02 Å². The molecule has 110 valence electrons. The first-order chi connectivity index (χ1) is 9.57. The first kappa shape index (κ1) is 13.9. The molecule has 1 saturated carbocycles. The topological polar surface area (TPSA) is 56.2 Å². The van der Waals surface area contributed by atoms with Crippen LogP contribution in [0.25, 0.3) is 0 Å². The number of anilines is 1. The molecule has 1 aromatic heterocycles. The highest BCUT2D eigenvalue weighted by Crippen LogP contribution is 2.30. The van der Waals surface area contributed by atoms with Crippen molar-refractivity contribution in [3.8, 4) is 0 Å². The van der Waals surface area contributed by atoms with Crippen molar-refractivity contribution in [2.75, 3.05) is 18.5 Å². The van der Waals surface area contributed by atoms with Gasteiger partial charge in [-0.25, -0.2) is 4.68 Å². The number of hydrogen-bond acceptors (Lipinski definition) is 4. The van der Waals surface area contributed by atoms with Crippen molar-refractivity contribution < 1.29 is 4.74 Å². The average molecular weight is 298 g/mol. The van der Waals surface area contributed by atoms with Crippen molar-refractivity contribution in [2.24, 2.45) is 5.92 Å². The number of rotatable bonds is 5. The maximum Gasteiger partial charge on any atom is 0.291 e. The lowest BCUT2D eigenvalue weighted by molar-refractivity contribution is 0.0315. The molecule has 5 nitrogen and oxygen atoms in total. The van der Waals surface area contributed by atoms with Crippen LogP contribution in [0.15, 0.2) is 11.0 Å². The second-order valence-electron chi connectivity index (χ2n) is 6.05. The lowest BCUT2D eigenvalue weighted by atomic mass is 10.0. The Kier molecular flexibility index (Phi) is 3.73. The van der Waals surface area contributed by atoms with Crippen molar-refractivity contribution in [2.45, 2.75) is 44.8 Å². The standard InChI is InChI=1S/C14H20ClN3O2/c1-14(5-2-6-20-14)9-16-12-11(15)7-17-18(13(12)19)8-10-3-4-10/h7,10,16H,2-6,8-9H2,1H3. The summed E-state index contributed by atoms with van der Waals surface area (Å²) < 4.78 is 7.23. The predicted octanol–water partition coefficient (Wildman–Crippen LogP) is 2.29. The molecule has 0 radical (unpaired) electrons. The number of nitrogens with one attached hydrogen (secondary N) is 1. The van der Waals surface area contributed by atoms with E-state index in [1.807, 2.05) is 0 Å². The van der Waals surface area contributed by atoms with Gasteiger partial charge in [0.1, 0.15) is 5.69 Å². The van der Waals surface area contributed by atoms with Crippen LogP contribution in [0.5, 0.6) is 0 Å². The summed E-state index contributed by atoms with van der Waals surface area (Å²) in [7, 11) is 0. The molecule has 1 saturated heterocycles. The summed E-state index contributed by atoms with van der Waals surface area (Å²) in [6.07, 6.45) is 5.98. The zero-order valence-corrected chi connectivity index (χ0v) is 12.4. The molecule has 2 heterocycles. The largest absolute Gasteiger partial charge is 0.376 e. The first-order valence-electron chi connectivity index (χ1n) is 7.21. The SMILES string of the molecule is CC1(CNc2c(Cl)cnn(CC3CC3)c2=O)CCCO1. The smallest absolute Gasteiger partial charge is 0.291 e. The Hall–Kier alpha value is -1.07. The molecule has 1 atom stereocenters. The Labute approximate surface area is 123 Å². The maximum atomic E-state index is 12.4. The van der Waals surface area contributed by atoms with Gasteiger partial charge < -0.3 is 10.1 Å². The van der Waals surface area contributed by atoms with Gasteiger partial charge >= 0.3 is 0 Å². The van der Waals surface area contributed by atoms with E-state index in [2.05, 4.69) is 17.3 Å². The van der Waals surface area contributed by atoms with E-state index in [1.54, 1.807) is 6.20 Å². The van der Waals surface area contributed by atoms with Crippen molar-refractivity contribution in [1.29, 1.82) is 0 Å². The second kappa shape index (κ2) is 5.37. The molecule has 6 heteroatoms. The van der Waals surface area contributed by atoms with Crippen LogP contribution >= 0.6 is 11.6 Å². The molecule has 2 aliphatic rings. The van der Waals surface area contributed by atoms with E-state index in [4.69, 9.17) is 16.3 Å². The Morgan fingerprint density at radius 2 is 2.40 bits per heavy atom. The molecule has 0 bridgehead atoms. The van der Waals surface area contributed by atoms with Crippen LogP contribution in [0, 0.1) is 5.92 Å². The summed E-state index contributed by atoms with van der Waals surface area (Å²) >= 11 is 6.11. The minimum absolute atomic E-state index is 0.133. The zero-order valence-electron chi connectivity index (χ0n) is 11.7. The maximum absolute atomic E-state index is 12.4. The molecule has 3 rings (SSSR count). The van der Waals surface area contributed by atoms with Crippen LogP contribution in [-0.2, 0) is 11.3 Å². The highest BCUT2D eigenvalue weighted by atomic mass is 35.5. The van der Waals surface area contributed by atoms with Gasteiger partial charge in [-0.2, -0.15) is 5.10 Å².